The van der Waals surface area contributed by atoms with Gasteiger partial charge in [0.1, 0.15) is 35.4 Å². The van der Waals surface area contributed by atoms with E-state index in [9.17, 15) is 15.0 Å². The van der Waals surface area contributed by atoms with E-state index in [-0.39, 0.29) is 0 Å². The number of amides is 1. The minimum Gasteiger partial charge on any atom is -0.443 e. The lowest BCUT2D eigenvalue weighted by molar-refractivity contribution is -0.150. The standard InChI is InChI=1S/C14H25N3O5S/c1-14(2,3)22-13(20)17(5)12-16-8-10(19)9(18)7(6-15-4)21-11(8)23-12/h7-11,15,18-19H,6H2,1-5H3/t7-,8-,9-,10-,11-/m1/s1. The van der Waals surface area contributed by atoms with Crippen LogP contribution in [0.25, 0.3) is 0 Å². The van der Waals surface area contributed by atoms with Gasteiger partial charge in [0, 0.05) is 13.6 Å². The number of rotatable bonds is 2. The SMILES string of the molecule is CNC[C@H]1O[C@@H]2SC(N(C)C(=O)OC(C)(C)C)=N[C@@H]2[C@@H](O)[C@@H]1O. The highest BCUT2D eigenvalue weighted by molar-refractivity contribution is 8.14. The topological polar surface area (TPSA) is 104 Å². The molecule has 9 heteroatoms. The largest absolute Gasteiger partial charge is 0.443 e. The second kappa shape index (κ2) is 6.94. The molecule has 0 spiro atoms. The molecule has 2 heterocycles. The molecular formula is C14H25N3O5S. The number of fused-ring (bicyclic) bond motifs is 1. The molecular weight excluding hydrogens is 322 g/mol. The molecule has 0 aromatic heterocycles. The maximum absolute atomic E-state index is 12.1. The summed E-state index contributed by atoms with van der Waals surface area (Å²) >= 11 is 1.25. The summed E-state index contributed by atoms with van der Waals surface area (Å²) in [6.45, 7) is 5.77. The number of likely N-dealkylation sites (N-methyl/N-ethyl adjacent to an activating group) is 1. The average Bonchev–Trinajstić information content (AvgIpc) is 2.86. The van der Waals surface area contributed by atoms with Crippen LogP contribution in [0.5, 0.6) is 0 Å². The summed E-state index contributed by atoms with van der Waals surface area (Å²) in [4.78, 5) is 17.7. The predicted molar refractivity (Wildman–Crippen MR) is 87.4 cm³/mol. The summed E-state index contributed by atoms with van der Waals surface area (Å²) < 4.78 is 11.1. The first-order chi connectivity index (χ1) is 10.6. The second-order valence-corrected chi connectivity index (χ2v) is 7.71. The molecule has 5 atom stereocenters. The highest BCUT2D eigenvalue weighted by atomic mass is 32.2. The van der Waals surface area contributed by atoms with E-state index in [1.807, 2.05) is 0 Å². The monoisotopic (exact) mass is 347 g/mol. The lowest BCUT2D eigenvalue weighted by atomic mass is 9.98. The lowest BCUT2D eigenvalue weighted by Crippen LogP contribution is -2.57. The van der Waals surface area contributed by atoms with Crippen LogP contribution < -0.4 is 5.32 Å². The number of nitrogens with zero attached hydrogens (tertiary/aromatic N) is 2. The van der Waals surface area contributed by atoms with Crippen molar-refractivity contribution in [3.05, 3.63) is 0 Å². The number of hydrogen-bond acceptors (Lipinski definition) is 8. The molecule has 1 amide bonds. The Labute approximate surface area is 140 Å². The Kier molecular flexibility index (Phi) is 5.57. The summed E-state index contributed by atoms with van der Waals surface area (Å²) in [5.41, 5.74) is -1.04. The molecule has 8 nitrogen and oxygen atoms in total. The van der Waals surface area contributed by atoms with Gasteiger partial charge in [0.05, 0.1) is 0 Å². The molecule has 132 valence electrons. The maximum atomic E-state index is 12.1. The number of carbonyl (C=O) groups excluding carboxylic acids is 1. The Morgan fingerprint density at radius 3 is 2.65 bits per heavy atom. The molecule has 0 aliphatic carbocycles. The fourth-order valence-corrected chi connectivity index (χ4v) is 3.54. The molecule has 2 aliphatic rings. The number of aliphatic hydroxyl groups excluding tert-OH is 2. The van der Waals surface area contributed by atoms with Gasteiger partial charge < -0.3 is 25.0 Å². The fourth-order valence-electron chi connectivity index (χ4n) is 2.36. The first kappa shape index (κ1) is 18.5. The predicted octanol–water partition coefficient (Wildman–Crippen LogP) is -0.00920. The number of carbonyl (C=O) groups is 1. The molecule has 2 aliphatic heterocycles. The van der Waals surface area contributed by atoms with Gasteiger partial charge in [-0.1, -0.05) is 11.8 Å². The molecule has 1 saturated heterocycles. The quantitative estimate of drug-likeness (QED) is 0.645. The Morgan fingerprint density at radius 1 is 1.43 bits per heavy atom. The summed E-state index contributed by atoms with van der Waals surface area (Å²) in [5.74, 6) is 0. The van der Waals surface area contributed by atoms with Crippen LogP contribution >= 0.6 is 11.8 Å². The molecule has 3 N–H and O–H groups in total. The van der Waals surface area contributed by atoms with Crippen molar-refractivity contribution in [1.29, 1.82) is 0 Å². The number of nitrogens with one attached hydrogen (secondary N) is 1. The zero-order chi connectivity index (χ0) is 17.4. The molecule has 0 aromatic carbocycles. The van der Waals surface area contributed by atoms with Gasteiger partial charge in [-0.15, -0.1) is 0 Å². The highest BCUT2D eigenvalue weighted by Gasteiger charge is 2.49. The number of aliphatic imine (C=N–C) groups is 1. The van der Waals surface area contributed by atoms with E-state index in [0.717, 1.165) is 0 Å². The Hall–Kier alpha value is -0.870. The molecule has 1 fully saturated rings. The van der Waals surface area contributed by atoms with E-state index in [4.69, 9.17) is 9.47 Å². The van der Waals surface area contributed by atoms with Gasteiger partial charge in [0.2, 0.25) is 0 Å². The molecule has 0 saturated carbocycles. The summed E-state index contributed by atoms with van der Waals surface area (Å²) in [6.07, 6.45) is -3.11. The van der Waals surface area contributed by atoms with Crippen LogP contribution in [0.2, 0.25) is 0 Å². The van der Waals surface area contributed by atoms with Crippen LogP contribution in [-0.2, 0) is 9.47 Å². The highest BCUT2D eigenvalue weighted by Crippen LogP contribution is 2.37. The first-order valence-corrected chi connectivity index (χ1v) is 8.39. The first-order valence-electron chi connectivity index (χ1n) is 7.51. The van der Waals surface area contributed by atoms with Gasteiger partial charge in [0.15, 0.2) is 5.17 Å². The normalized spacial score (nSPS) is 33.9. The molecule has 0 unspecified atom stereocenters. The van der Waals surface area contributed by atoms with Crippen molar-refractivity contribution in [2.75, 3.05) is 20.6 Å². The van der Waals surface area contributed by atoms with Gasteiger partial charge in [0.25, 0.3) is 0 Å². The zero-order valence-electron chi connectivity index (χ0n) is 14.0. The Morgan fingerprint density at radius 2 is 2.09 bits per heavy atom. The van der Waals surface area contributed by atoms with Crippen molar-refractivity contribution in [2.24, 2.45) is 4.99 Å². The third-order valence-electron chi connectivity index (χ3n) is 3.51. The third kappa shape index (κ3) is 4.16. The van der Waals surface area contributed by atoms with Crippen molar-refractivity contribution >= 4 is 23.0 Å². The van der Waals surface area contributed by atoms with Gasteiger partial charge in [-0.05, 0) is 27.8 Å². The van der Waals surface area contributed by atoms with E-state index in [0.29, 0.717) is 11.7 Å². The van der Waals surface area contributed by atoms with Crippen LogP contribution in [0.15, 0.2) is 4.99 Å². The van der Waals surface area contributed by atoms with Crippen molar-refractivity contribution in [2.45, 2.75) is 56.2 Å². The second-order valence-electron chi connectivity index (χ2n) is 6.64. The number of amidine groups is 1. The van der Waals surface area contributed by atoms with E-state index >= 15 is 0 Å². The fraction of sp³-hybridized carbons (Fsp3) is 0.857. The summed E-state index contributed by atoms with van der Waals surface area (Å²) in [7, 11) is 3.31. The maximum Gasteiger partial charge on any atom is 0.416 e. The summed E-state index contributed by atoms with van der Waals surface area (Å²) in [6, 6.07) is -0.608. The average molecular weight is 347 g/mol. The van der Waals surface area contributed by atoms with Gasteiger partial charge in [-0.2, -0.15) is 0 Å². The van der Waals surface area contributed by atoms with Crippen molar-refractivity contribution < 1.29 is 24.5 Å². The van der Waals surface area contributed by atoms with Gasteiger partial charge >= 0.3 is 6.09 Å². The minimum atomic E-state index is -1.04. The van der Waals surface area contributed by atoms with Gasteiger partial charge in [-0.3, -0.25) is 9.89 Å². The van der Waals surface area contributed by atoms with Crippen LogP contribution in [0, 0.1) is 0 Å². The van der Waals surface area contributed by atoms with Crippen LogP contribution in [0.3, 0.4) is 0 Å². The summed E-state index contributed by atoms with van der Waals surface area (Å²) in [5, 5.41) is 23.7. The number of ether oxygens (including phenoxy) is 2. The Balaban J connectivity index is 2.07. The number of aliphatic hydroxyl groups is 2. The van der Waals surface area contributed by atoms with Crippen LogP contribution in [0.1, 0.15) is 20.8 Å². The zero-order valence-corrected chi connectivity index (χ0v) is 14.8. The van der Waals surface area contributed by atoms with E-state index in [1.165, 1.54) is 16.7 Å². The molecule has 0 radical (unpaired) electrons. The number of hydrogen-bond donors (Lipinski definition) is 3. The van der Waals surface area contributed by atoms with Crippen LogP contribution in [0.4, 0.5) is 4.79 Å². The van der Waals surface area contributed by atoms with E-state index in [2.05, 4.69) is 10.3 Å². The van der Waals surface area contributed by atoms with Crippen molar-refractivity contribution in [3.63, 3.8) is 0 Å². The molecule has 0 bridgehead atoms. The smallest absolute Gasteiger partial charge is 0.416 e. The number of thioether (sulfide) groups is 1. The van der Waals surface area contributed by atoms with Crippen molar-refractivity contribution in [3.8, 4) is 0 Å². The molecule has 0 aromatic rings. The Bertz CT molecular complexity index is 482. The third-order valence-corrected chi connectivity index (χ3v) is 4.72. The van der Waals surface area contributed by atoms with Crippen molar-refractivity contribution in [1.82, 2.24) is 10.2 Å². The van der Waals surface area contributed by atoms with E-state index in [1.54, 1.807) is 34.9 Å². The van der Waals surface area contributed by atoms with Crippen LogP contribution in [-0.4, -0.2) is 82.4 Å². The van der Waals surface area contributed by atoms with E-state index < -0.39 is 41.5 Å². The molecule has 23 heavy (non-hydrogen) atoms. The molecule has 2 rings (SSSR count). The minimum absolute atomic E-state index is 0.408. The van der Waals surface area contributed by atoms with Gasteiger partial charge in [-0.25, -0.2) is 4.79 Å². The lowest BCUT2D eigenvalue weighted by Gasteiger charge is -2.38.